The van der Waals surface area contributed by atoms with E-state index in [1.165, 1.54) is 7.11 Å². The Morgan fingerprint density at radius 1 is 1.41 bits per heavy atom. The number of rotatable bonds is 2. The third kappa shape index (κ3) is 2.12. The van der Waals surface area contributed by atoms with E-state index in [9.17, 15) is 4.79 Å². The van der Waals surface area contributed by atoms with Gasteiger partial charge in [-0.05, 0) is 25.0 Å². The number of terminal acetylenes is 1. The number of methoxy groups -OCH3 is 1. The lowest BCUT2D eigenvalue weighted by Gasteiger charge is -2.22. The molecule has 1 fully saturated rings. The SMILES string of the molecule is C#Cc1cccc(C(=O)OC)c1N1CCCC1. The van der Waals surface area contributed by atoms with Gasteiger partial charge in [0.1, 0.15) is 0 Å². The van der Waals surface area contributed by atoms with Crippen molar-refractivity contribution in [2.45, 2.75) is 12.8 Å². The summed E-state index contributed by atoms with van der Waals surface area (Å²) in [5.74, 6) is 2.31. The van der Waals surface area contributed by atoms with Gasteiger partial charge in [-0.1, -0.05) is 12.0 Å². The highest BCUT2D eigenvalue weighted by Crippen LogP contribution is 2.28. The van der Waals surface area contributed by atoms with Gasteiger partial charge in [0, 0.05) is 18.7 Å². The summed E-state index contributed by atoms with van der Waals surface area (Å²) in [4.78, 5) is 13.9. The van der Waals surface area contributed by atoms with E-state index in [1.807, 2.05) is 6.07 Å². The van der Waals surface area contributed by atoms with Gasteiger partial charge < -0.3 is 9.64 Å². The van der Waals surface area contributed by atoms with Crippen molar-refractivity contribution in [2.24, 2.45) is 0 Å². The smallest absolute Gasteiger partial charge is 0.340 e. The van der Waals surface area contributed by atoms with Crippen LogP contribution < -0.4 is 4.90 Å². The zero-order valence-electron chi connectivity index (χ0n) is 9.90. The number of anilines is 1. The molecule has 0 aliphatic carbocycles. The number of ether oxygens (including phenoxy) is 1. The van der Waals surface area contributed by atoms with E-state index in [2.05, 4.69) is 10.8 Å². The zero-order chi connectivity index (χ0) is 12.3. The van der Waals surface area contributed by atoms with Gasteiger partial charge in [-0.25, -0.2) is 4.79 Å². The number of carbonyl (C=O) groups is 1. The normalized spacial score (nSPS) is 14.5. The molecule has 0 amide bonds. The van der Waals surface area contributed by atoms with Crippen LogP contribution in [0.1, 0.15) is 28.8 Å². The minimum atomic E-state index is -0.330. The molecule has 1 aliphatic rings. The van der Waals surface area contributed by atoms with Gasteiger partial charge in [0.05, 0.1) is 18.4 Å². The minimum Gasteiger partial charge on any atom is -0.465 e. The quantitative estimate of drug-likeness (QED) is 0.574. The second kappa shape index (κ2) is 4.92. The summed E-state index contributed by atoms with van der Waals surface area (Å²) in [5.41, 5.74) is 2.17. The Kier molecular flexibility index (Phi) is 3.34. The van der Waals surface area contributed by atoms with Crippen molar-refractivity contribution in [3.8, 4) is 12.3 Å². The topological polar surface area (TPSA) is 29.5 Å². The lowest BCUT2D eigenvalue weighted by atomic mass is 10.1. The second-order valence-corrected chi connectivity index (χ2v) is 4.03. The molecular formula is C14H15NO2. The highest BCUT2D eigenvalue weighted by molar-refractivity contribution is 5.97. The van der Waals surface area contributed by atoms with Crippen molar-refractivity contribution in [1.29, 1.82) is 0 Å². The number of hydrogen-bond donors (Lipinski definition) is 0. The van der Waals surface area contributed by atoms with Gasteiger partial charge >= 0.3 is 5.97 Å². The van der Waals surface area contributed by atoms with Gasteiger partial charge in [-0.15, -0.1) is 6.42 Å². The van der Waals surface area contributed by atoms with Crippen LogP contribution >= 0.6 is 0 Å². The van der Waals surface area contributed by atoms with E-state index >= 15 is 0 Å². The molecule has 1 aromatic carbocycles. The first-order valence-corrected chi connectivity index (χ1v) is 5.71. The second-order valence-electron chi connectivity index (χ2n) is 4.03. The third-order valence-electron chi connectivity index (χ3n) is 3.02. The van der Waals surface area contributed by atoms with Crippen molar-refractivity contribution >= 4 is 11.7 Å². The Morgan fingerprint density at radius 3 is 2.71 bits per heavy atom. The van der Waals surface area contributed by atoms with Crippen molar-refractivity contribution in [1.82, 2.24) is 0 Å². The maximum Gasteiger partial charge on any atom is 0.340 e. The summed E-state index contributed by atoms with van der Waals surface area (Å²) >= 11 is 0. The molecule has 0 aromatic heterocycles. The number of benzene rings is 1. The number of carbonyl (C=O) groups excluding carboxylic acids is 1. The maximum absolute atomic E-state index is 11.7. The summed E-state index contributed by atoms with van der Waals surface area (Å²) in [6.45, 7) is 1.89. The van der Waals surface area contributed by atoms with Gasteiger partial charge in [-0.3, -0.25) is 0 Å². The average Bonchev–Trinajstić information content (AvgIpc) is 2.90. The zero-order valence-corrected chi connectivity index (χ0v) is 9.90. The summed E-state index contributed by atoms with van der Waals surface area (Å²) in [6.07, 6.45) is 7.78. The Bertz CT molecular complexity index is 468. The summed E-state index contributed by atoms with van der Waals surface area (Å²) in [6, 6.07) is 5.42. The van der Waals surface area contributed by atoms with Crippen LogP contribution in [0.5, 0.6) is 0 Å². The standard InChI is InChI=1S/C14H15NO2/c1-3-11-7-6-8-12(14(16)17-2)13(11)15-9-4-5-10-15/h1,6-8H,4-5,9-10H2,2H3. The number of esters is 1. The fourth-order valence-electron chi connectivity index (χ4n) is 2.22. The van der Waals surface area contributed by atoms with Gasteiger partial charge in [-0.2, -0.15) is 0 Å². The highest BCUT2D eigenvalue weighted by atomic mass is 16.5. The van der Waals surface area contributed by atoms with Crippen molar-refractivity contribution in [3.05, 3.63) is 29.3 Å². The van der Waals surface area contributed by atoms with Crippen LogP contribution in [0.25, 0.3) is 0 Å². The first-order valence-electron chi connectivity index (χ1n) is 5.71. The lowest BCUT2D eigenvalue weighted by molar-refractivity contribution is 0.0601. The van der Waals surface area contributed by atoms with Crippen LogP contribution in [0, 0.1) is 12.3 Å². The predicted molar refractivity (Wildman–Crippen MR) is 67.2 cm³/mol. The largest absolute Gasteiger partial charge is 0.465 e. The molecule has 3 heteroatoms. The van der Waals surface area contributed by atoms with E-state index in [1.54, 1.807) is 12.1 Å². The molecule has 0 saturated carbocycles. The molecule has 1 heterocycles. The van der Waals surface area contributed by atoms with Crippen molar-refractivity contribution in [3.63, 3.8) is 0 Å². The Balaban J connectivity index is 2.51. The molecule has 1 aromatic rings. The monoisotopic (exact) mass is 229 g/mol. The molecule has 0 unspecified atom stereocenters. The summed E-state index contributed by atoms with van der Waals surface area (Å²) in [7, 11) is 1.39. The molecule has 1 aliphatic heterocycles. The molecule has 1 saturated heterocycles. The molecular weight excluding hydrogens is 214 g/mol. The first kappa shape index (κ1) is 11.5. The van der Waals surface area contributed by atoms with E-state index in [-0.39, 0.29) is 5.97 Å². The van der Waals surface area contributed by atoms with E-state index in [0.717, 1.165) is 37.2 Å². The number of para-hydroxylation sites is 1. The summed E-state index contributed by atoms with van der Waals surface area (Å²) < 4.78 is 4.80. The van der Waals surface area contributed by atoms with Crippen molar-refractivity contribution in [2.75, 3.05) is 25.1 Å². The maximum atomic E-state index is 11.7. The molecule has 17 heavy (non-hydrogen) atoms. The molecule has 2 rings (SSSR count). The van der Waals surface area contributed by atoms with E-state index in [4.69, 9.17) is 11.2 Å². The Morgan fingerprint density at radius 2 is 2.12 bits per heavy atom. The molecule has 0 spiro atoms. The number of hydrogen-bond acceptors (Lipinski definition) is 3. The molecule has 0 bridgehead atoms. The van der Waals surface area contributed by atoms with Crippen LogP contribution in [0.4, 0.5) is 5.69 Å². The summed E-state index contributed by atoms with van der Waals surface area (Å²) in [5, 5.41) is 0. The van der Waals surface area contributed by atoms with Gasteiger partial charge in [0.2, 0.25) is 0 Å². The predicted octanol–water partition coefficient (Wildman–Crippen LogP) is 2.05. The van der Waals surface area contributed by atoms with Crippen LogP contribution in [0.15, 0.2) is 18.2 Å². The molecule has 0 N–H and O–H groups in total. The van der Waals surface area contributed by atoms with Crippen molar-refractivity contribution < 1.29 is 9.53 Å². The lowest BCUT2D eigenvalue weighted by Crippen LogP contribution is -2.22. The Hall–Kier alpha value is -1.95. The highest BCUT2D eigenvalue weighted by Gasteiger charge is 2.22. The third-order valence-corrected chi connectivity index (χ3v) is 3.02. The van der Waals surface area contributed by atoms with Crippen LogP contribution in [-0.4, -0.2) is 26.2 Å². The fraction of sp³-hybridized carbons (Fsp3) is 0.357. The van der Waals surface area contributed by atoms with Crippen LogP contribution in [-0.2, 0) is 4.74 Å². The van der Waals surface area contributed by atoms with E-state index < -0.39 is 0 Å². The first-order chi connectivity index (χ1) is 8.27. The van der Waals surface area contributed by atoms with Crippen LogP contribution in [0.3, 0.4) is 0 Å². The fourth-order valence-corrected chi connectivity index (χ4v) is 2.22. The van der Waals surface area contributed by atoms with Gasteiger partial charge in [0.25, 0.3) is 0 Å². The Labute approximate surface area is 101 Å². The molecule has 3 nitrogen and oxygen atoms in total. The van der Waals surface area contributed by atoms with Gasteiger partial charge in [0.15, 0.2) is 0 Å². The molecule has 0 atom stereocenters. The molecule has 0 radical (unpaired) electrons. The average molecular weight is 229 g/mol. The minimum absolute atomic E-state index is 0.330. The molecule has 88 valence electrons. The van der Waals surface area contributed by atoms with E-state index in [0.29, 0.717) is 5.56 Å². The number of nitrogens with zero attached hydrogens (tertiary/aromatic N) is 1. The van der Waals surface area contributed by atoms with Crippen LogP contribution in [0.2, 0.25) is 0 Å².